The second-order valence-corrected chi connectivity index (χ2v) is 5.21. The summed E-state index contributed by atoms with van der Waals surface area (Å²) in [5.74, 6) is 1.42. The van der Waals surface area contributed by atoms with E-state index in [2.05, 4.69) is 53.9 Å². The highest BCUT2D eigenvalue weighted by molar-refractivity contribution is 4.82. The molecule has 0 radical (unpaired) electrons. The van der Waals surface area contributed by atoms with Gasteiger partial charge in [0.1, 0.15) is 0 Å². The monoisotopic (exact) mass is 171 g/mol. The summed E-state index contributed by atoms with van der Waals surface area (Å²) in [7, 11) is 2.06. The third-order valence-corrected chi connectivity index (χ3v) is 2.96. The molecule has 0 aromatic heterocycles. The van der Waals surface area contributed by atoms with Gasteiger partial charge in [0.15, 0.2) is 0 Å². The molecule has 0 bridgehead atoms. The number of nitrogens with one attached hydrogen (secondary N) is 1. The highest BCUT2D eigenvalue weighted by Crippen LogP contribution is 2.30. The van der Waals surface area contributed by atoms with Crippen molar-refractivity contribution in [2.45, 2.75) is 47.6 Å². The molecule has 74 valence electrons. The van der Waals surface area contributed by atoms with Crippen molar-refractivity contribution in [1.29, 1.82) is 0 Å². The zero-order valence-electron chi connectivity index (χ0n) is 9.73. The van der Waals surface area contributed by atoms with Gasteiger partial charge in [-0.05, 0) is 24.3 Å². The Labute approximate surface area is 77.9 Å². The first-order valence-electron chi connectivity index (χ1n) is 4.98. The van der Waals surface area contributed by atoms with E-state index in [-0.39, 0.29) is 0 Å². The van der Waals surface area contributed by atoms with E-state index in [4.69, 9.17) is 0 Å². The molecule has 12 heavy (non-hydrogen) atoms. The summed E-state index contributed by atoms with van der Waals surface area (Å²) in [5, 5.41) is 3.41. The van der Waals surface area contributed by atoms with E-state index in [0.29, 0.717) is 23.3 Å². The molecular formula is C11H25N. The molecule has 1 heteroatoms. The van der Waals surface area contributed by atoms with Crippen molar-refractivity contribution in [3.63, 3.8) is 0 Å². The van der Waals surface area contributed by atoms with Gasteiger partial charge < -0.3 is 5.32 Å². The first-order valence-corrected chi connectivity index (χ1v) is 4.98. The molecule has 0 fully saturated rings. The summed E-state index contributed by atoms with van der Waals surface area (Å²) in [6.45, 7) is 13.8. The number of rotatable bonds is 3. The Morgan fingerprint density at radius 3 is 1.50 bits per heavy atom. The normalized spacial score (nSPS) is 18.0. The predicted molar refractivity (Wildman–Crippen MR) is 56.3 cm³/mol. The number of hydrogen-bond donors (Lipinski definition) is 1. The molecule has 2 unspecified atom stereocenters. The Morgan fingerprint density at radius 1 is 1.00 bits per heavy atom. The molecule has 0 saturated heterocycles. The minimum Gasteiger partial charge on any atom is -0.316 e. The summed E-state index contributed by atoms with van der Waals surface area (Å²) in [5.41, 5.74) is 0.401. The largest absolute Gasteiger partial charge is 0.316 e. The van der Waals surface area contributed by atoms with E-state index in [1.165, 1.54) is 0 Å². The lowest BCUT2D eigenvalue weighted by Crippen LogP contribution is -2.42. The van der Waals surface area contributed by atoms with Crippen molar-refractivity contribution in [2.75, 3.05) is 7.05 Å². The molecule has 0 rings (SSSR count). The standard InChI is InChI=1S/C11H25N/c1-8(2)10(12-7)9(3)11(4,5)6/h8-10,12H,1-7H3. The van der Waals surface area contributed by atoms with Gasteiger partial charge in [0, 0.05) is 6.04 Å². The Kier molecular flexibility index (Phi) is 4.25. The summed E-state index contributed by atoms with van der Waals surface area (Å²) < 4.78 is 0. The van der Waals surface area contributed by atoms with Crippen molar-refractivity contribution < 1.29 is 0 Å². The van der Waals surface area contributed by atoms with E-state index < -0.39 is 0 Å². The molecule has 0 heterocycles. The fourth-order valence-electron chi connectivity index (χ4n) is 1.70. The molecule has 0 aliphatic carbocycles. The van der Waals surface area contributed by atoms with Crippen LogP contribution in [0.2, 0.25) is 0 Å². The lowest BCUT2D eigenvalue weighted by atomic mass is 9.74. The first kappa shape index (κ1) is 12.0. The Balaban J connectivity index is 4.32. The molecule has 1 N–H and O–H groups in total. The Hall–Kier alpha value is -0.0400. The topological polar surface area (TPSA) is 12.0 Å². The molecule has 0 aliphatic rings. The van der Waals surface area contributed by atoms with Crippen LogP contribution in [0.15, 0.2) is 0 Å². The van der Waals surface area contributed by atoms with Crippen LogP contribution < -0.4 is 5.32 Å². The fourth-order valence-corrected chi connectivity index (χ4v) is 1.70. The molecule has 0 spiro atoms. The van der Waals surface area contributed by atoms with Gasteiger partial charge in [-0.25, -0.2) is 0 Å². The van der Waals surface area contributed by atoms with Crippen molar-refractivity contribution in [2.24, 2.45) is 17.3 Å². The van der Waals surface area contributed by atoms with Crippen molar-refractivity contribution in [3.05, 3.63) is 0 Å². The van der Waals surface area contributed by atoms with E-state index in [0.717, 1.165) is 0 Å². The van der Waals surface area contributed by atoms with Crippen LogP contribution in [0.1, 0.15) is 41.5 Å². The lowest BCUT2D eigenvalue weighted by molar-refractivity contribution is 0.171. The Morgan fingerprint density at radius 2 is 1.42 bits per heavy atom. The van der Waals surface area contributed by atoms with E-state index in [1.807, 2.05) is 0 Å². The zero-order valence-corrected chi connectivity index (χ0v) is 9.73. The highest BCUT2D eigenvalue weighted by Gasteiger charge is 2.28. The predicted octanol–water partition coefficient (Wildman–Crippen LogP) is 2.91. The summed E-state index contributed by atoms with van der Waals surface area (Å²) >= 11 is 0. The van der Waals surface area contributed by atoms with Crippen molar-refractivity contribution in [3.8, 4) is 0 Å². The van der Waals surface area contributed by atoms with Crippen LogP contribution in [0.4, 0.5) is 0 Å². The maximum Gasteiger partial charge on any atom is 0.0118 e. The van der Waals surface area contributed by atoms with Gasteiger partial charge in [-0.2, -0.15) is 0 Å². The van der Waals surface area contributed by atoms with E-state index in [1.54, 1.807) is 0 Å². The second kappa shape index (κ2) is 4.27. The lowest BCUT2D eigenvalue weighted by Gasteiger charge is -2.36. The average molecular weight is 171 g/mol. The van der Waals surface area contributed by atoms with Crippen molar-refractivity contribution in [1.82, 2.24) is 5.32 Å². The zero-order chi connectivity index (χ0) is 9.94. The molecular weight excluding hydrogens is 146 g/mol. The molecule has 0 saturated carbocycles. The second-order valence-electron chi connectivity index (χ2n) is 5.21. The van der Waals surface area contributed by atoms with Gasteiger partial charge in [0.2, 0.25) is 0 Å². The SMILES string of the molecule is CNC(C(C)C)C(C)C(C)(C)C. The summed E-state index contributed by atoms with van der Waals surface area (Å²) in [4.78, 5) is 0. The first-order chi connectivity index (χ1) is 5.30. The minimum atomic E-state index is 0.401. The molecule has 0 aliphatic heterocycles. The van der Waals surface area contributed by atoms with Crippen LogP contribution >= 0.6 is 0 Å². The highest BCUT2D eigenvalue weighted by atomic mass is 14.9. The maximum atomic E-state index is 3.41. The van der Waals surface area contributed by atoms with Crippen LogP contribution in [0.3, 0.4) is 0 Å². The van der Waals surface area contributed by atoms with Gasteiger partial charge in [0.05, 0.1) is 0 Å². The average Bonchev–Trinajstić information content (AvgIpc) is 1.86. The van der Waals surface area contributed by atoms with Gasteiger partial charge >= 0.3 is 0 Å². The fraction of sp³-hybridized carbons (Fsp3) is 1.00. The van der Waals surface area contributed by atoms with Crippen molar-refractivity contribution >= 4 is 0 Å². The van der Waals surface area contributed by atoms with Crippen LogP contribution in [0.25, 0.3) is 0 Å². The van der Waals surface area contributed by atoms with Crippen LogP contribution in [-0.4, -0.2) is 13.1 Å². The molecule has 0 aromatic rings. The van der Waals surface area contributed by atoms with Gasteiger partial charge in [0.25, 0.3) is 0 Å². The van der Waals surface area contributed by atoms with Gasteiger partial charge in [-0.3, -0.25) is 0 Å². The van der Waals surface area contributed by atoms with E-state index >= 15 is 0 Å². The van der Waals surface area contributed by atoms with Crippen LogP contribution in [-0.2, 0) is 0 Å². The van der Waals surface area contributed by atoms with Gasteiger partial charge in [-0.15, -0.1) is 0 Å². The third-order valence-electron chi connectivity index (χ3n) is 2.96. The van der Waals surface area contributed by atoms with Crippen LogP contribution in [0.5, 0.6) is 0 Å². The molecule has 0 amide bonds. The summed E-state index contributed by atoms with van der Waals surface area (Å²) in [6, 6.07) is 0.630. The van der Waals surface area contributed by atoms with E-state index in [9.17, 15) is 0 Å². The minimum absolute atomic E-state index is 0.401. The quantitative estimate of drug-likeness (QED) is 0.688. The molecule has 1 nitrogen and oxygen atoms in total. The maximum absolute atomic E-state index is 3.41. The van der Waals surface area contributed by atoms with Gasteiger partial charge in [-0.1, -0.05) is 41.5 Å². The molecule has 0 aromatic carbocycles. The third kappa shape index (κ3) is 3.14. The summed E-state index contributed by atoms with van der Waals surface area (Å²) in [6.07, 6.45) is 0. The number of hydrogen-bond acceptors (Lipinski definition) is 1. The Bertz CT molecular complexity index is 121. The van der Waals surface area contributed by atoms with Crippen LogP contribution in [0, 0.1) is 17.3 Å². The molecule has 2 atom stereocenters. The smallest absolute Gasteiger partial charge is 0.0118 e.